The number of nitrogens with zero attached hydrogens (tertiary/aromatic N) is 4. The Bertz CT molecular complexity index is 1170. The average molecular weight is 411 g/mol. The number of aromatic amines is 1. The van der Waals surface area contributed by atoms with Gasteiger partial charge in [-0.1, -0.05) is 0 Å². The van der Waals surface area contributed by atoms with Gasteiger partial charge >= 0.3 is 0 Å². The molecule has 4 N–H and O–H groups in total. The minimum absolute atomic E-state index is 0.0978. The summed E-state index contributed by atoms with van der Waals surface area (Å²) in [5.41, 5.74) is 3.45. The number of hydrogen-bond donors (Lipinski definition) is 4. The molecule has 0 fully saturated rings. The molecule has 0 radical (unpaired) electrons. The zero-order chi connectivity index (χ0) is 21.4. The van der Waals surface area contributed by atoms with Gasteiger partial charge in [0.05, 0.1) is 17.7 Å². The Kier molecular flexibility index (Phi) is 4.88. The van der Waals surface area contributed by atoms with Crippen LogP contribution in [0.25, 0.3) is 11.6 Å². The molecule has 0 saturated carbocycles. The molecule has 3 heterocycles. The van der Waals surface area contributed by atoms with Gasteiger partial charge in [-0.05, 0) is 54.1 Å². The molecule has 10 nitrogen and oxygen atoms in total. The molecular weight excluding hydrogens is 393 g/mol. The maximum atomic E-state index is 13.6. The molecule has 0 spiro atoms. The van der Waals surface area contributed by atoms with Crippen LogP contribution in [0.1, 0.15) is 39.1 Å². The molecule has 1 aromatic carbocycles. The molecule has 154 valence electrons. The summed E-state index contributed by atoms with van der Waals surface area (Å²) < 4.78 is 14.8. The van der Waals surface area contributed by atoms with E-state index in [-0.39, 0.29) is 12.5 Å². The first-order valence-electron chi connectivity index (χ1n) is 9.06. The number of aromatic nitrogens is 5. The van der Waals surface area contributed by atoms with Gasteiger partial charge in [0.25, 0.3) is 11.8 Å². The summed E-state index contributed by atoms with van der Waals surface area (Å²) in [5, 5.41) is 25.7. The van der Waals surface area contributed by atoms with Crippen LogP contribution in [0.15, 0.2) is 24.5 Å². The fourth-order valence-corrected chi connectivity index (χ4v) is 3.38. The Morgan fingerprint density at radius 3 is 2.93 bits per heavy atom. The molecule has 2 amide bonds. The number of nitrogens with one attached hydrogen (secondary N) is 3. The van der Waals surface area contributed by atoms with Crippen molar-refractivity contribution >= 4 is 29.2 Å². The highest BCUT2D eigenvalue weighted by atomic mass is 19.1. The van der Waals surface area contributed by atoms with E-state index >= 15 is 0 Å². The van der Waals surface area contributed by atoms with E-state index in [1.54, 1.807) is 19.9 Å². The second-order valence-electron chi connectivity index (χ2n) is 6.85. The van der Waals surface area contributed by atoms with Crippen molar-refractivity contribution in [2.24, 2.45) is 0 Å². The highest BCUT2D eigenvalue weighted by Gasteiger charge is 2.26. The predicted molar refractivity (Wildman–Crippen MR) is 105 cm³/mol. The number of halogens is 1. The van der Waals surface area contributed by atoms with Gasteiger partial charge in [0.15, 0.2) is 6.23 Å². The van der Waals surface area contributed by atoms with Crippen LogP contribution in [-0.4, -0.2) is 48.7 Å². The molecule has 4 rings (SSSR count). The average Bonchev–Trinajstić information content (AvgIpc) is 3.40. The molecule has 3 aromatic rings. The fourth-order valence-electron chi connectivity index (χ4n) is 3.38. The summed E-state index contributed by atoms with van der Waals surface area (Å²) >= 11 is 0. The second kappa shape index (κ2) is 7.52. The number of aliphatic hydroxyl groups excluding tert-OH is 1. The highest BCUT2D eigenvalue weighted by Crippen LogP contribution is 2.34. The summed E-state index contributed by atoms with van der Waals surface area (Å²) in [7, 11) is 0. The van der Waals surface area contributed by atoms with E-state index < -0.39 is 18.0 Å². The maximum absolute atomic E-state index is 13.6. The lowest BCUT2D eigenvalue weighted by Crippen LogP contribution is -2.31. The number of fused-ring (bicyclic) bond motifs is 1. The van der Waals surface area contributed by atoms with Crippen LogP contribution in [0.2, 0.25) is 0 Å². The summed E-state index contributed by atoms with van der Waals surface area (Å²) in [5.74, 6) is -1.20. The lowest BCUT2D eigenvalue weighted by molar-refractivity contribution is -0.110. The standard InChI is InChI=1S/C19H18FN7O3/c1-9-15(6-13-12-5-11(20)3-4-14(12)24-18(13)29)23-10(2)17(9)19(30)21-7-16(28)27-8-22-25-26-27/h3-6,8,16,23,28H,7H2,1-2H3,(H,21,30)(H,24,29). The molecule has 30 heavy (non-hydrogen) atoms. The van der Waals surface area contributed by atoms with Gasteiger partial charge in [0, 0.05) is 22.6 Å². The number of amides is 2. The van der Waals surface area contributed by atoms with Gasteiger partial charge in [0.2, 0.25) is 0 Å². The lowest BCUT2D eigenvalue weighted by Gasteiger charge is -2.11. The molecule has 1 aliphatic rings. The molecule has 0 bridgehead atoms. The molecule has 1 aliphatic heterocycles. The summed E-state index contributed by atoms with van der Waals surface area (Å²) in [6.45, 7) is 3.37. The van der Waals surface area contributed by atoms with E-state index in [0.29, 0.717) is 39.3 Å². The topological polar surface area (TPSA) is 138 Å². The number of benzene rings is 1. The van der Waals surface area contributed by atoms with Crippen LogP contribution < -0.4 is 10.6 Å². The van der Waals surface area contributed by atoms with E-state index in [0.717, 1.165) is 4.68 Å². The number of aliphatic hydroxyl groups is 1. The van der Waals surface area contributed by atoms with Crippen molar-refractivity contribution in [1.29, 1.82) is 0 Å². The highest BCUT2D eigenvalue weighted by molar-refractivity contribution is 6.34. The van der Waals surface area contributed by atoms with Gasteiger partial charge in [0.1, 0.15) is 12.1 Å². The Balaban J connectivity index is 1.58. The van der Waals surface area contributed by atoms with Crippen molar-refractivity contribution < 1.29 is 19.1 Å². The van der Waals surface area contributed by atoms with Crippen molar-refractivity contribution in [3.63, 3.8) is 0 Å². The van der Waals surface area contributed by atoms with E-state index in [1.807, 2.05) is 0 Å². The smallest absolute Gasteiger partial charge is 0.256 e. The molecule has 2 aromatic heterocycles. The van der Waals surface area contributed by atoms with Crippen LogP contribution >= 0.6 is 0 Å². The Hall–Kier alpha value is -3.86. The number of hydrogen-bond acceptors (Lipinski definition) is 6. The quantitative estimate of drug-likeness (QED) is 0.465. The monoisotopic (exact) mass is 411 g/mol. The maximum Gasteiger partial charge on any atom is 0.256 e. The molecular formula is C19H18FN7O3. The van der Waals surface area contributed by atoms with Crippen LogP contribution in [0, 0.1) is 19.7 Å². The van der Waals surface area contributed by atoms with Crippen molar-refractivity contribution in [2.75, 3.05) is 11.9 Å². The second-order valence-corrected chi connectivity index (χ2v) is 6.85. The van der Waals surface area contributed by atoms with E-state index in [4.69, 9.17) is 0 Å². The van der Waals surface area contributed by atoms with Crippen LogP contribution in [0.4, 0.5) is 10.1 Å². The zero-order valence-corrected chi connectivity index (χ0v) is 16.1. The molecule has 1 atom stereocenters. The minimum atomic E-state index is -1.11. The van der Waals surface area contributed by atoms with Crippen LogP contribution in [0.3, 0.4) is 0 Å². The SMILES string of the molecule is Cc1[nH]c(C=C2C(=O)Nc3ccc(F)cc32)c(C)c1C(=O)NCC(O)n1cnnn1. The minimum Gasteiger partial charge on any atom is -0.370 e. The van der Waals surface area contributed by atoms with Crippen molar-refractivity contribution in [3.8, 4) is 0 Å². The number of aryl methyl sites for hydroxylation is 1. The number of H-pyrrole nitrogens is 1. The zero-order valence-electron chi connectivity index (χ0n) is 16.1. The normalized spacial score (nSPS) is 15.2. The molecule has 0 saturated heterocycles. The predicted octanol–water partition coefficient (Wildman–Crippen LogP) is 1.17. The van der Waals surface area contributed by atoms with Crippen molar-refractivity contribution in [3.05, 3.63) is 58.4 Å². The molecule has 1 unspecified atom stereocenters. The fraction of sp³-hybridized carbons (Fsp3) is 0.211. The third kappa shape index (κ3) is 3.46. The van der Waals surface area contributed by atoms with E-state index in [9.17, 15) is 19.1 Å². The van der Waals surface area contributed by atoms with Gasteiger partial charge in [-0.2, -0.15) is 0 Å². The number of rotatable bonds is 5. The molecule has 11 heteroatoms. The largest absolute Gasteiger partial charge is 0.370 e. The lowest BCUT2D eigenvalue weighted by atomic mass is 10.0. The molecule has 0 aliphatic carbocycles. The summed E-state index contributed by atoms with van der Waals surface area (Å²) in [6.07, 6.45) is 1.72. The van der Waals surface area contributed by atoms with Crippen LogP contribution in [0.5, 0.6) is 0 Å². The summed E-state index contributed by atoms with van der Waals surface area (Å²) in [4.78, 5) is 28.1. The number of carbonyl (C=O) groups excluding carboxylic acids is 2. The third-order valence-corrected chi connectivity index (χ3v) is 4.87. The Morgan fingerprint density at radius 1 is 1.40 bits per heavy atom. The first-order chi connectivity index (χ1) is 14.3. The summed E-state index contributed by atoms with van der Waals surface area (Å²) in [6, 6.07) is 4.07. The Labute approximate surface area is 169 Å². The van der Waals surface area contributed by atoms with Crippen molar-refractivity contribution in [1.82, 2.24) is 30.5 Å². The number of anilines is 1. The van der Waals surface area contributed by atoms with Crippen molar-refractivity contribution in [2.45, 2.75) is 20.1 Å². The van der Waals surface area contributed by atoms with Gasteiger partial charge < -0.3 is 20.7 Å². The first kappa shape index (κ1) is 19.5. The van der Waals surface area contributed by atoms with Crippen LogP contribution in [-0.2, 0) is 4.79 Å². The van der Waals surface area contributed by atoms with Gasteiger partial charge in [-0.3, -0.25) is 9.59 Å². The number of tetrazole rings is 1. The number of carbonyl (C=O) groups is 2. The Morgan fingerprint density at radius 2 is 2.20 bits per heavy atom. The van der Waals surface area contributed by atoms with E-state index in [1.165, 1.54) is 24.5 Å². The van der Waals surface area contributed by atoms with E-state index in [2.05, 4.69) is 31.1 Å². The van der Waals surface area contributed by atoms with Gasteiger partial charge in [-0.15, -0.1) is 5.10 Å². The van der Waals surface area contributed by atoms with Gasteiger partial charge in [-0.25, -0.2) is 9.07 Å². The third-order valence-electron chi connectivity index (χ3n) is 4.87. The first-order valence-corrected chi connectivity index (χ1v) is 9.06.